The number of hydrogen-bond acceptors (Lipinski definition) is 1. The molecule has 0 amide bonds. The molecule has 0 N–H and O–H groups in total. The Balaban J connectivity index is 2.74. The predicted octanol–water partition coefficient (Wildman–Crippen LogP) is 1.90. The fourth-order valence-electron chi connectivity index (χ4n) is 1.14. The van der Waals surface area contributed by atoms with Gasteiger partial charge in [0.1, 0.15) is 6.20 Å². The van der Waals surface area contributed by atoms with Crippen molar-refractivity contribution in [1.29, 1.82) is 0 Å². The van der Waals surface area contributed by atoms with Gasteiger partial charge in [0.15, 0.2) is 6.17 Å². The minimum atomic E-state index is 0.519. The van der Waals surface area contributed by atoms with E-state index < -0.39 is 0 Å². The monoisotopic (exact) mass is 205 g/mol. The van der Waals surface area contributed by atoms with E-state index in [0.29, 0.717) is 6.17 Å². The molecule has 2 atom stereocenters. The SMILES string of the molecule is CC[N+]1(Br)C=CN(C)C1C. The summed E-state index contributed by atoms with van der Waals surface area (Å²) in [7, 11) is 2.10. The third-order valence-electron chi connectivity index (χ3n) is 2.24. The third kappa shape index (κ3) is 1.08. The van der Waals surface area contributed by atoms with Gasteiger partial charge in [0.25, 0.3) is 0 Å². The van der Waals surface area contributed by atoms with Crippen LogP contribution in [0.1, 0.15) is 13.8 Å². The van der Waals surface area contributed by atoms with Crippen molar-refractivity contribution in [1.82, 2.24) is 4.90 Å². The minimum absolute atomic E-state index is 0.519. The van der Waals surface area contributed by atoms with Gasteiger partial charge in [0.2, 0.25) is 16.1 Å². The van der Waals surface area contributed by atoms with Gasteiger partial charge >= 0.3 is 0 Å². The van der Waals surface area contributed by atoms with E-state index in [-0.39, 0.29) is 0 Å². The summed E-state index contributed by atoms with van der Waals surface area (Å²) in [4.78, 5) is 2.21. The van der Waals surface area contributed by atoms with Gasteiger partial charge in [-0.25, -0.2) is 3.51 Å². The number of quaternary nitrogens is 1. The molecule has 10 heavy (non-hydrogen) atoms. The highest BCUT2D eigenvalue weighted by molar-refractivity contribution is 9.05. The fourth-order valence-corrected chi connectivity index (χ4v) is 1.53. The quantitative estimate of drug-likeness (QED) is 0.592. The van der Waals surface area contributed by atoms with Crippen LogP contribution in [0.4, 0.5) is 0 Å². The van der Waals surface area contributed by atoms with Crippen molar-refractivity contribution in [2.24, 2.45) is 0 Å². The largest absolute Gasteiger partial charge is 0.326 e. The van der Waals surface area contributed by atoms with E-state index in [0.717, 1.165) is 10.1 Å². The van der Waals surface area contributed by atoms with Crippen LogP contribution in [0.3, 0.4) is 0 Å². The average Bonchev–Trinajstić information content (AvgIpc) is 2.19. The van der Waals surface area contributed by atoms with Crippen molar-refractivity contribution in [3.8, 4) is 0 Å². The van der Waals surface area contributed by atoms with Crippen molar-refractivity contribution in [3.63, 3.8) is 0 Å². The normalized spacial score (nSPS) is 39.2. The van der Waals surface area contributed by atoms with Gasteiger partial charge in [-0.2, -0.15) is 0 Å². The summed E-state index contributed by atoms with van der Waals surface area (Å²) in [6.07, 6.45) is 4.80. The highest BCUT2D eigenvalue weighted by atomic mass is 79.9. The first-order chi connectivity index (χ1) is 4.60. The van der Waals surface area contributed by atoms with Crippen LogP contribution >= 0.6 is 16.1 Å². The lowest BCUT2D eigenvalue weighted by atomic mass is 10.5. The molecule has 3 heteroatoms. The molecule has 58 valence electrons. The summed E-state index contributed by atoms with van der Waals surface area (Å²) in [6, 6.07) is 0. The van der Waals surface area contributed by atoms with Gasteiger partial charge in [0.05, 0.1) is 12.7 Å². The Kier molecular flexibility index (Phi) is 2.06. The minimum Gasteiger partial charge on any atom is -0.326 e. The van der Waals surface area contributed by atoms with Crippen LogP contribution in [0.2, 0.25) is 0 Å². The van der Waals surface area contributed by atoms with E-state index in [4.69, 9.17) is 0 Å². The molecule has 1 aliphatic rings. The van der Waals surface area contributed by atoms with E-state index >= 15 is 0 Å². The van der Waals surface area contributed by atoms with E-state index in [1.807, 2.05) is 0 Å². The standard InChI is InChI=1S/C7H14BrN2/c1-4-10(8)6-5-9(3)7(10)2/h5-7H,4H2,1-3H3/q+1. The van der Waals surface area contributed by atoms with E-state index in [9.17, 15) is 0 Å². The number of hydrogen-bond donors (Lipinski definition) is 0. The van der Waals surface area contributed by atoms with Crippen LogP contribution in [0.25, 0.3) is 0 Å². The van der Waals surface area contributed by atoms with Crippen molar-refractivity contribution in [3.05, 3.63) is 12.4 Å². The Morgan fingerprint density at radius 1 is 1.70 bits per heavy atom. The molecular formula is C7H14BrN2+. The van der Waals surface area contributed by atoms with Crippen LogP contribution in [0.15, 0.2) is 12.4 Å². The van der Waals surface area contributed by atoms with Crippen molar-refractivity contribution >= 4 is 16.1 Å². The van der Waals surface area contributed by atoms with Crippen LogP contribution in [0.5, 0.6) is 0 Å². The molecule has 0 bridgehead atoms. The average molecular weight is 206 g/mol. The second kappa shape index (κ2) is 2.55. The summed E-state index contributed by atoms with van der Waals surface area (Å²) < 4.78 is 0.851. The lowest BCUT2D eigenvalue weighted by Gasteiger charge is -2.29. The van der Waals surface area contributed by atoms with Gasteiger partial charge in [-0.1, -0.05) is 0 Å². The highest BCUT2D eigenvalue weighted by Crippen LogP contribution is 2.28. The molecule has 0 fully saturated rings. The summed E-state index contributed by atoms with van der Waals surface area (Å²) in [6.45, 7) is 5.47. The Hall–Kier alpha value is -0.0200. The number of rotatable bonds is 1. The topological polar surface area (TPSA) is 3.24 Å². The molecule has 2 unspecified atom stereocenters. The van der Waals surface area contributed by atoms with Crippen LogP contribution < -0.4 is 0 Å². The van der Waals surface area contributed by atoms with Crippen LogP contribution in [-0.2, 0) is 0 Å². The summed E-state index contributed by atoms with van der Waals surface area (Å²) in [5, 5.41) is 0. The first kappa shape index (κ1) is 8.08. The summed E-state index contributed by atoms with van der Waals surface area (Å²) in [5.74, 6) is 0. The maximum atomic E-state index is 3.66. The van der Waals surface area contributed by atoms with Gasteiger partial charge in [-0.05, 0) is 6.92 Å². The van der Waals surface area contributed by atoms with Crippen LogP contribution in [-0.4, -0.2) is 28.2 Å². The molecule has 1 rings (SSSR count). The fraction of sp³-hybridized carbons (Fsp3) is 0.714. The first-order valence-corrected chi connectivity index (χ1v) is 4.29. The number of halogens is 1. The Morgan fingerprint density at radius 3 is 2.50 bits per heavy atom. The molecule has 0 aliphatic carbocycles. The second-order valence-corrected chi connectivity index (χ2v) is 4.06. The maximum Gasteiger partial charge on any atom is 0.234 e. The van der Waals surface area contributed by atoms with Gasteiger partial charge in [-0.3, -0.25) is 0 Å². The molecule has 0 saturated carbocycles. The second-order valence-electron chi connectivity index (χ2n) is 2.74. The van der Waals surface area contributed by atoms with E-state index in [1.165, 1.54) is 0 Å². The zero-order valence-corrected chi connectivity index (χ0v) is 8.30. The molecular weight excluding hydrogens is 192 g/mol. The molecule has 1 heterocycles. The predicted molar refractivity (Wildman–Crippen MR) is 46.1 cm³/mol. The molecule has 0 saturated heterocycles. The van der Waals surface area contributed by atoms with Gasteiger partial charge < -0.3 is 4.90 Å². The van der Waals surface area contributed by atoms with E-state index in [1.54, 1.807) is 0 Å². The van der Waals surface area contributed by atoms with Gasteiger partial charge in [-0.15, -0.1) is 0 Å². The first-order valence-electron chi connectivity index (χ1n) is 3.58. The summed E-state index contributed by atoms with van der Waals surface area (Å²) >= 11 is 3.66. The van der Waals surface area contributed by atoms with Crippen molar-refractivity contribution in [2.45, 2.75) is 20.0 Å². The molecule has 0 spiro atoms. The summed E-state index contributed by atoms with van der Waals surface area (Å²) in [5.41, 5.74) is 0. The molecule has 0 aromatic rings. The Bertz CT molecular complexity index is 158. The smallest absolute Gasteiger partial charge is 0.234 e. The zero-order chi connectivity index (χ0) is 7.78. The number of nitrogens with zero attached hydrogens (tertiary/aromatic N) is 2. The molecule has 2 nitrogen and oxygen atoms in total. The zero-order valence-electron chi connectivity index (χ0n) is 6.71. The Labute approximate surface area is 71.0 Å². The molecule has 0 aromatic heterocycles. The Morgan fingerprint density at radius 2 is 2.30 bits per heavy atom. The van der Waals surface area contributed by atoms with Crippen LogP contribution in [0, 0.1) is 0 Å². The van der Waals surface area contributed by atoms with Crippen molar-refractivity contribution in [2.75, 3.05) is 13.6 Å². The van der Waals surface area contributed by atoms with E-state index in [2.05, 4.69) is 54.3 Å². The highest BCUT2D eigenvalue weighted by Gasteiger charge is 2.35. The lowest BCUT2D eigenvalue weighted by molar-refractivity contribution is -0.753. The third-order valence-corrected chi connectivity index (χ3v) is 3.58. The lowest BCUT2D eigenvalue weighted by Crippen LogP contribution is -2.42. The molecule has 0 radical (unpaired) electrons. The maximum absolute atomic E-state index is 3.66. The van der Waals surface area contributed by atoms with Gasteiger partial charge in [0, 0.05) is 14.0 Å². The molecule has 1 aliphatic heterocycles. The molecule has 0 aromatic carbocycles. The van der Waals surface area contributed by atoms with Crippen molar-refractivity contribution < 1.29 is 3.51 Å².